The fourth-order valence-corrected chi connectivity index (χ4v) is 3.58. The average Bonchev–Trinajstić information content (AvgIpc) is 2.65. The lowest BCUT2D eigenvalue weighted by Crippen LogP contribution is -2.63. The fourth-order valence-electron chi connectivity index (χ4n) is 3.45. The Bertz CT molecular complexity index is 577. The fraction of sp³-hybridized carbons (Fsp3) is 0.611. The van der Waals surface area contributed by atoms with Gasteiger partial charge in [0.2, 0.25) is 0 Å². The van der Waals surface area contributed by atoms with Crippen LogP contribution in [0.3, 0.4) is 0 Å². The molecule has 1 atom stereocenters. The molecule has 3 fully saturated rings. The highest BCUT2D eigenvalue weighted by atomic mass is 127. The van der Waals surface area contributed by atoms with Crippen molar-refractivity contribution >= 4 is 41.5 Å². The van der Waals surface area contributed by atoms with Gasteiger partial charge in [-0.25, -0.2) is 0 Å². The minimum Gasteiger partial charge on any atom is -0.492 e. The number of nitrogens with one attached hydrogen (secondary N) is 1. The first kappa shape index (κ1) is 21.5. The van der Waals surface area contributed by atoms with Gasteiger partial charge in [0.1, 0.15) is 12.4 Å². The van der Waals surface area contributed by atoms with E-state index in [1.807, 2.05) is 38.4 Å². The summed E-state index contributed by atoms with van der Waals surface area (Å²) in [5.41, 5.74) is 0. The quantitative estimate of drug-likeness (QED) is 0.372. The molecule has 26 heavy (non-hydrogen) atoms. The van der Waals surface area contributed by atoms with E-state index >= 15 is 0 Å². The number of halogens is 2. The molecule has 0 spiro atoms. The molecule has 3 saturated heterocycles. The Kier molecular flexibility index (Phi) is 8.72. The van der Waals surface area contributed by atoms with Crippen LogP contribution in [0.2, 0.25) is 5.02 Å². The van der Waals surface area contributed by atoms with Gasteiger partial charge >= 0.3 is 0 Å². The molecule has 3 aliphatic rings. The number of aliphatic imine (C=N–C) groups is 1. The summed E-state index contributed by atoms with van der Waals surface area (Å²) < 4.78 is 5.76. The second kappa shape index (κ2) is 10.5. The maximum atomic E-state index is 5.88. The summed E-state index contributed by atoms with van der Waals surface area (Å²) in [5.74, 6) is 1.75. The van der Waals surface area contributed by atoms with Gasteiger partial charge in [0.15, 0.2) is 5.96 Å². The molecule has 3 aliphatic heterocycles. The van der Waals surface area contributed by atoms with Crippen LogP contribution in [-0.2, 0) is 0 Å². The van der Waals surface area contributed by atoms with Gasteiger partial charge in [-0.1, -0.05) is 11.6 Å². The predicted molar refractivity (Wildman–Crippen MR) is 118 cm³/mol. The lowest BCUT2D eigenvalue weighted by molar-refractivity contribution is 0.0152. The van der Waals surface area contributed by atoms with Gasteiger partial charge in [-0.15, -0.1) is 24.0 Å². The molecule has 6 nitrogen and oxygen atoms in total. The van der Waals surface area contributed by atoms with Gasteiger partial charge in [0, 0.05) is 64.4 Å². The molecule has 0 saturated carbocycles. The van der Waals surface area contributed by atoms with Crippen LogP contribution in [0.25, 0.3) is 0 Å². The topological polar surface area (TPSA) is 43.3 Å². The van der Waals surface area contributed by atoms with E-state index in [1.165, 1.54) is 26.2 Å². The van der Waals surface area contributed by atoms with Gasteiger partial charge in [0.05, 0.1) is 6.54 Å². The van der Waals surface area contributed by atoms with Crippen molar-refractivity contribution in [2.24, 2.45) is 4.99 Å². The number of fused-ring (bicyclic) bond motifs is 3. The smallest absolute Gasteiger partial charge is 0.193 e. The van der Waals surface area contributed by atoms with Crippen molar-refractivity contribution < 1.29 is 4.74 Å². The monoisotopic (exact) mass is 493 g/mol. The van der Waals surface area contributed by atoms with Crippen molar-refractivity contribution in [3.05, 3.63) is 29.3 Å². The molecule has 1 unspecified atom stereocenters. The van der Waals surface area contributed by atoms with Crippen LogP contribution in [0, 0.1) is 0 Å². The minimum absolute atomic E-state index is 0. The van der Waals surface area contributed by atoms with Crippen LogP contribution in [0.1, 0.15) is 0 Å². The number of benzene rings is 1. The number of rotatable bonds is 6. The zero-order valence-corrected chi connectivity index (χ0v) is 18.6. The Morgan fingerprint density at radius 1 is 1.27 bits per heavy atom. The summed E-state index contributed by atoms with van der Waals surface area (Å²) in [4.78, 5) is 11.6. The normalized spacial score (nSPS) is 24.7. The molecule has 0 amide bonds. The number of piperazine rings is 3. The van der Waals surface area contributed by atoms with Crippen LogP contribution >= 0.6 is 35.6 Å². The predicted octanol–water partition coefficient (Wildman–Crippen LogP) is 1.84. The molecule has 4 rings (SSSR count). The molecule has 2 bridgehead atoms. The summed E-state index contributed by atoms with van der Waals surface area (Å²) in [7, 11) is 3.87. The van der Waals surface area contributed by atoms with Crippen molar-refractivity contribution in [3.63, 3.8) is 0 Å². The van der Waals surface area contributed by atoms with Crippen molar-refractivity contribution in [3.8, 4) is 5.75 Å². The number of hydrogen-bond acceptors (Lipinski definition) is 4. The van der Waals surface area contributed by atoms with Crippen molar-refractivity contribution in [2.75, 3.05) is 66.5 Å². The van der Waals surface area contributed by atoms with E-state index in [-0.39, 0.29) is 24.0 Å². The van der Waals surface area contributed by atoms with Gasteiger partial charge in [-0.3, -0.25) is 14.8 Å². The number of hydrogen-bond donors (Lipinski definition) is 1. The van der Waals surface area contributed by atoms with Crippen LogP contribution in [-0.4, -0.2) is 93.2 Å². The van der Waals surface area contributed by atoms with Crippen molar-refractivity contribution in [2.45, 2.75) is 6.04 Å². The number of guanidine groups is 1. The summed E-state index contributed by atoms with van der Waals surface area (Å²) in [6.45, 7) is 8.27. The van der Waals surface area contributed by atoms with Crippen LogP contribution in [0.4, 0.5) is 0 Å². The van der Waals surface area contributed by atoms with Gasteiger partial charge < -0.3 is 15.0 Å². The van der Waals surface area contributed by atoms with E-state index < -0.39 is 0 Å². The molecule has 1 aromatic rings. The Hall–Kier alpha value is -0.770. The summed E-state index contributed by atoms with van der Waals surface area (Å²) >= 11 is 5.88. The Morgan fingerprint density at radius 2 is 1.96 bits per heavy atom. The molecule has 146 valence electrons. The van der Waals surface area contributed by atoms with E-state index in [9.17, 15) is 0 Å². The zero-order valence-electron chi connectivity index (χ0n) is 15.5. The lowest BCUT2D eigenvalue weighted by Gasteiger charge is -2.47. The van der Waals surface area contributed by atoms with Crippen LogP contribution in [0.5, 0.6) is 5.75 Å². The zero-order chi connectivity index (χ0) is 17.6. The lowest BCUT2D eigenvalue weighted by atomic mass is 10.1. The third-order valence-electron chi connectivity index (χ3n) is 4.97. The Morgan fingerprint density at radius 3 is 2.54 bits per heavy atom. The molecule has 0 aliphatic carbocycles. The first-order valence-corrected chi connectivity index (χ1v) is 9.30. The molecule has 1 aromatic carbocycles. The van der Waals surface area contributed by atoms with E-state index in [1.54, 1.807) is 0 Å². The Labute approximate surface area is 178 Å². The highest BCUT2D eigenvalue weighted by Gasteiger charge is 2.31. The van der Waals surface area contributed by atoms with Crippen molar-refractivity contribution in [1.29, 1.82) is 0 Å². The summed E-state index contributed by atoms with van der Waals surface area (Å²) in [6, 6.07) is 8.03. The molecule has 8 heteroatoms. The van der Waals surface area contributed by atoms with E-state index in [4.69, 9.17) is 16.3 Å². The molecule has 1 N–H and O–H groups in total. The van der Waals surface area contributed by atoms with Gasteiger partial charge in [0.25, 0.3) is 0 Å². The first-order chi connectivity index (χ1) is 12.2. The maximum absolute atomic E-state index is 5.88. The number of nitrogens with zero attached hydrogens (tertiary/aromatic N) is 4. The third kappa shape index (κ3) is 5.87. The number of likely N-dealkylation sites (N-methyl/N-ethyl adjacent to an activating group) is 1. The van der Waals surface area contributed by atoms with E-state index in [0.717, 1.165) is 36.4 Å². The number of ether oxygens (including phenoxy) is 1. The highest BCUT2D eigenvalue weighted by Crippen LogP contribution is 2.16. The maximum Gasteiger partial charge on any atom is 0.193 e. The average molecular weight is 494 g/mol. The highest BCUT2D eigenvalue weighted by molar-refractivity contribution is 14.0. The Balaban J connectivity index is 0.00000243. The first-order valence-electron chi connectivity index (χ1n) is 8.92. The van der Waals surface area contributed by atoms with Crippen molar-refractivity contribution in [1.82, 2.24) is 20.0 Å². The van der Waals surface area contributed by atoms with Crippen LogP contribution < -0.4 is 10.1 Å². The van der Waals surface area contributed by atoms with Gasteiger partial charge in [-0.05, 0) is 24.3 Å². The minimum atomic E-state index is 0. The summed E-state index contributed by atoms with van der Waals surface area (Å²) in [5, 5.41) is 4.23. The van der Waals surface area contributed by atoms with E-state index in [0.29, 0.717) is 12.6 Å². The largest absolute Gasteiger partial charge is 0.492 e. The second-order valence-electron chi connectivity index (χ2n) is 6.64. The van der Waals surface area contributed by atoms with Gasteiger partial charge in [-0.2, -0.15) is 0 Å². The molecule has 0 radical (unpaired) electrons. The van der Waals surface area contributed by atoms with Crippen LogP contribution in [0.15, 0.2) is 29.3 Å². The second-order valence-corrected chi connectivity index (χ2v) is 7.08. The molecule has 0 aromatic heterocycles. The molecule has 3 heterocycles. The standard InChI is InChI=1S/C18H28ClN5O.HI/c1-20-18(21-13-16-14-23-7-9-24(16)10-8-23)22(2)11-12-25-17-5-3-15(19)4-6-17;/h3-6,16H,7-14H2,1-2H3,(H,20,21);1H. The molecular weight excluding hydrogens is 465 g/mol. The van der Waals surface area contributed by atoms with E-state index in [2.05, 4.69) is 25.0 Å². The SMILES string of the molecule is CN=C(NCC1CN2CCN1CC2)N(C)CCOc1ccc(Cl)cc1.I. The molecular formula is C18H29ClIN5O. The summed E-state index contributed by atoms with van der Waals surface area (Å²) in [6.07, 6.45) is 0. The third-order valence-corrected chi connectivity index (χ3v) is 5.22.